The molecule has 0 fully saturated rings. The van der Waals surface area contributed by atoms with Crippen LogP contribution in [0.2, 0.25) is 0 Å². The molecule has 6 heteroatoms. The van der Waals surface area contributed by atoms with Gasteiger partial charge in [-0.25, -0.2) is 0 Å². The van der Waals surface area contributed by atoms with Crippen LogP contribution in [-0.2, 0) is 4.65 Å². The summed E-state index contributed by atoms with van der Waals surface area (Å²) in [6.07, 6.45) is -0.289. The van der Waals surface area contributed by atoms with Crippen molar-refractivity contribution in [2.75, 3.05) is 19.8 Å². The Morgan fingerprint density at radius 2 is 2.31 bits per heavy atom. The molecule has 0 aromatic heterocycles. The predicted molar refractivity (Wildman–Crippen MR) is 59.5 cm³/mol. The van der Waals surface area contributed by atoms with E-state index in [1.54, 1.807) is 6.07 Å². The standard InChI is InChI=1S/C10H14BNO4/c12-6-9-7-2-1-3-8(15-5-4-13)10(7)11(14)16-9/h1-3,9,13-14H,4-6,12H2/t9-/m0/s1. The molecular formula is C10H14BNO4. The topological polar surface area (TPSA) is 84.9 Å². The van der Waals surface area contributed by atoms with Crippen LogP contribution in [0.5, 0.6) is 5.75 Å². The van der Waals surface area contributed by atoms with Gasteiger partial charge in [-0.3, -0.25) is 0 Å². The number of hydrogen-bond acceptors (Lipinski definition) is 5. The second-order valence-corrected chi connectivity index (χ2v) is 3.54. The molecule has 2 rings (SSSR count). The molecule has 4 N–H and O–H groups in total. The highest BCUT2D eigenvalue weighted by molar-refractivity contribution is 6.62. The lowest BCUT2D eigenvalue weighted by Crippen LogP contribution is -2.30. The Hall–Kier alpha value is -1.08. The molecule has 1 atom stereocenters. The molecule has 1 aromatic rings. The van der Waals surface area contributed by atoms with E-state index in [4.69, 9.17) is 20.2 Å². The number of aliphatic hydroxyl groups is 1. The maximum Gasteiger partial charge on any atom is 0.495 e. The van der Waals surface area contributed by atoms with E-state index in [0.29, 0.717) is 17.8 Å². The third kappa shape index (κ3) is 1.92. The van der Waals surface area contributed by atoms with Crippen molar-refractivity contribution in [3.63, 3.8) is 0 Å². The third-order valence-electron chi connectivity index (χ3n) is 2.55. The highest BCUT2D eigenvalue weighted by atomic mass is 16.5. The van der Waals surface area contributed by atoms with E-state index < -0.39 is 7.12 Å². The minimum Gasteiger partial charge on any atom is -0.492 e. The van der Waals surface area contributed by atoms with Gasteiger partial charge in [0, 0.05) is 12.0 Å². The van der Waals surface area contributed by atoms with E-state index in [0.717, 1.165) is 5.56 Å². The molecule has 0 aliphatic carbocycles. The first-order valence-electron chi connectivity index (χ1n) is 5.18. The Kier molecular flexibility index (Phi) is 3.45. The lowest BCUT2D eigenvalue weighted by molar-refractivity contribution is 0.197. The third-order valence-corrected chi connectivity index (χ3v) is 2.55. The molecule has 86 valence electrons. The first-order valence-corrected chi connectivity index (χ1v) is 5.18. The number of hydrogen-bond donors (Lipinski definition) is 3. The fourth-order valence-electron chi connectivity index (χ4n) is 1.87. The molecule has 1 aliphatic rings. The van der Waals surface area contributed by atoms with Gasteiger partial charge in [0.2, 0.25) is 0 Å². The van der Waals surface area contributed by atoms with Gasteiger partial charge in [0.15, 0.2) is 0 Å². The molecular weight excluding hydrogens is 209 g/mol. The van der Waals surface area contributed by atoms with Gasteiger partial charge in [-0.15, -0.1) is 0 Å². The number of fused-ring (bicyclic) bond motifs is 1. The Bertz CT molecular complexity index is 374. The van der Waals surface area contributed by atoms with E-state index >= 15 is 0 Å². The van der Waals surface area contributed by atoms with Crippen LogP contribution in [-0.4, -0.2) is 37.0 Å². The fraction of sp³-hybridized carbons (Fsp3) is 0.400. The van der Waals surface area contributed by atoms with Gasteiger partial charge in [-0.1, -0.05) is 12.1 Å². The molecule has 0 bridgehead atoms. The summed E-state index contributed by atoms with van der Waals surface area (Å²) in [6.45, 7) is 0.435. The second-order valence-electron chi connectivity index (χ2n) is 3.54. The summed E-state index contributed by atoms with van der Waals surface area (Å²) in [6, 6.07) is 5.41. The smallest absolute Gasteiger partial charge is 0.492 e. The molecule has 0 spiro atoms. The summed E-state index contributed by atoms with van der Waals surface area (Å²) in [5.74, 6) is 0.537. The van der Waals surface area contributed by atoms with Crippen LogP contribution in [0.1, 0.15) is 11.7 Å². The van der Waals surface area contributed by atoms with Crippen LogP contribution in [0, 0.1) is 0 Å². The zero-order valence-electron chi connectivity index (χ0n) is 8.80. The summed E-state index contributed by atoms with van der Waals surface area (Å²) in [5, 5.41) is 18.4. The van der Waals surface area contributed by atoms with Gasteiger partial charge in [0.1, 0.15) is 12.4 Å². The van der Waals surface area contributed by atoms with Crippen LogP contribution >= 0.6 is 0 Å². The van der Waals surface area contributed by atoms with E-state index in [1.807, 2.05) is 12.1 Å². The van der Waals surface area contributed by atoms with Crippen LogP contribution in [0.4, 0.5) is 0 Å². The quantitative estimate of drug-likeness (QED) is 0.557. The summed E-state index contributed by atoms with van der Waals surface area (Å²) < 4.78 is 10.6. The van der Waals surface area contributed by atoms with E-state index in [9.17, 15) is 5.02 Å². The maximum atomic E-state index is 9.74. The van der Waals surface area contributed by atoms with Gasteiger partial charge in [-0.05, 0) is 11.6 Å². The molecule has 0 saturated heterocycles. The van der Waals surface area contributed by atoms with Crippen molar-refractivity contribution < 1.29 is 19.5 Å². The van der Waals surface area contributed by atoms with Gasteiger partial charge in [0.25, 0.3) is 0 Å². The molecule has 0 unspecified atom stereocenters. The zero-order valence-corrected chi connectivity index (χ0v) is 8.80. The Morgan fingerprint density at radius 1 is 1.50 bits per heavy atom. The molecule has 16 heavy (non-hydrogen) atoms. The highest BCUT2D eigenvalue weighted by Gasteiger charge is 2.37. The Balaban J connectivity index is 2.32. The van der Waals surface area contributed by atoms with Crippen LogP contribution in [0.15, 0.2) is 18.2 Å². The first-order chi connectivity index (χ1) is 7.77. The molecule has 5 nitrogen and oxygen atoms in total. The normalized spacial score (nSPS) is 18.7. The number of nitrogens with two attached hydrogens (primary N) is 1. The monoisotopic (exact) mass is 223 g/mol. The van der Waals surface area contributed by atoms with Crippen molar-refractivity contribution in [2.45, 2.75) is 6.10 Å². The van der Waals surface area contributed by atoms with Crippen LogP contribution in [0.25, 0.3) is 0 Å². The maximum absolute atomic E-state index is 9.74. The number of rotatable bonds is 4. The average molecular weight is 223 g/mol. The van der Waals surface area contributed by atoms with Crippen molar-refractivity contribution in [3.05, 3.63) is 23.8 Å². The summed E-state index contributed by atoms with van der Waals surface area (Å²) >= 11 is 0. The predicted octanol–water partition coefficient (Wildman–Crippen LogP) is -1.22. The Labute approximate surface area is 93.9 Å². The summed E-state index contributed by atoms with van der Waals surface area (Å²) in [5.41, 5.74) is 7.01. The van der Waals surface area contributed by atoms with Crippen molar-refractivity contribution in [3.8, 4) is 5.75 Å². The fourth-order valence-corrected chi connectivity index (χ4v) is 1.87. The first kappa shape index (κ1) is 11.4. The van der Waals surface area contributed by atoms with E-state index in [1.165, 1.54) is 0 Å². The molecule has 1 aliphatic heterocycles. The molecule has 0 saturated carbocycles. The largest absolute Gasteiger partial charge is 0.495 e. The van der Waals surface area contributed by atoms with Crippen LogP contribution in [0.3, 0.4) is 0 Å². The van der Waals surface area contributed by atoms with Crippen molar-refractivity contribution in [2.24, 2.45) is 5.73 Å². The minimum atomic E-state index is -1.00. The lowest BCUT2D eigenvalue weighted by Gasteiger charge is -2.10. The van der Waals surface area contributed by atoms with Gasteiger partial charge < -0.3 is 25.3 Å². The average Bonchev–Trinajstić information content (AvgIpc) is 2.64. The van der Waals surface area contributed by atoms with Crippen molar-refractivity contribution in [1.29, 1.82) is 0 Å². The number of ether oxygens (including phenoxy) is 1. The number of benzene rings is 1. The van der Waals surface area contributed by atoms with E-state index in [2.05, 4.69) is 0 Å². The van der Waals surface area contributed by atoms with Crippen molar-refractivity contribution in [1.82, 2.24) is 0 Å². The molecule has 0 radical (unpaired) electrons. The summed E-state index contributed by atoms with van der Waals surface area (Å²) in [4.78, 5) is 0. The van der Waals surface area contributed by atoms with Gasteiger partial charge >= 0.3 is 7.12 Å². The van der Waals surface area contributed by atoms with Crippen LogP contribution < -0.4 is 15.9 Å². The SMILES string of the molecule is NC[C@@H]1OB(O)c2c(OCCO)cccc21. The van der Waals surface area contributed by atoms with Gasteiger partial charge in [-0.2, -0.15) is 0 Å². The molecule has 1 heterocycles. The van der Waals surface area contributed by atoms with Crippen molar-refractivity contribution >= 4 is 12.6 Å². The second kappa shape index (κ2) is 4.84. The minimum absolute atomic E-state index is 0.0685. The molecule has 1 aromatic carbocycles. The zero-order chi connectivity index (χ0) is 11.5. The lowest BCUT2D eigenvalue weighted by atomic mass is 9.78. The van der Waals surface area contributed by atoms with E-state index in [-0.39, 0.29) is 19.3 Å². The highest BCUT2D eigenvalue weighted by Crippen LogP contribution is 2.26. The van der Waals surface area contributed by atoms with Gasteiger partial charge in [0.05, 0.1) is 12.7 Å². The molecule has 0 amide bonds. The number of aliphatic hydroxyl groups excluding tert-OH is 1. The summed E-state index contributed by atoms with van der Waals surface area (Å²) in [7, 11) is -1.00. The Morgan fingerprint density at radius 3 is 3.00 bits per heavy atom.